The van der Waals surface area contributed by atoms with Crippen LogP contribution in [0.15, 0.2) is 261 Å². The molecule has 6 aliphatic rings. The molecule has 0 saturated carbocycles. The van der Waals surface area contributed by atoms with Crippen molar-refractivity contribution in [1.82, 2.24) is 62.7 Å². The molecule has 1 atom stereocenters. The van der Waals surface area contributed by atoms with E-state index >= 15 is 0 Å². The van der Waals surface area contributed by atoms with E-state index in [1.807, 2.05) is 84.6 Å². The molecule has 0 aromatic heterocycles. The molecule has 5 radical (unpaired) electrons. The number of nitrogens with one attached hydrogen (secondary N) is 1. The van der Waals surface area contributed by atoms with Gasteiger partial charge < -0.3 is 77.2 Å². The molecule has 130 heavy (non-hydrogen) atoms. The molecule has 0 amide bonds. The van der Waals surface area contributed by atoms with Crippen molar-refractivity contribution in [3.63, 3.8) is 0 Å². The van der Waals surface area contributed by atoms with E-state index in [1.165, 1.54) is 66.8 Å². The van der Waals surface area contributed by atoms with Gasteiger partial charge in [-0.1, -0.05) is 206 Å². The van der Waals surface area contributed by atoms with Gasteiger partial charge in [-0.2, -0.15) is 209 Å². The zero-order valence-corrected chi connectivity index (χ0v) is 92.5. The van der Waals surface area contributed by atoms with Crippen molar-refractivity contribution >= 4 is 97.5 Å². The van der Waals surface area contributed by atoms with Gasteiger partial charge in [0.05, 0.1) is 0 Å². The van der Waals surface area contributed by atoms with E-state index < -0.39 is 0 Å². The van der Waals surface area contributed by atoms with Crippen LogP contribution >= 0.6 is 0 Å². The van der Waals surface area contributed by atoms with E-state index in [0.717, 1.165) is 38.4 Å². The maximum atomic E-state index is 3.43. The van der Waals surface area contributed by atoms with E-state index in [9.17, 15) is 0 Å². The molecule has 6 heterocycles. The molecule has 6 aliphatic heterocycles. The normalized spacial score (nSPS) is 17.3. The van der Waals surface area contributed by atoms with Crippen LogP contribution in [-0.4, -0.2) is 175 Å². The Bertz CT molecular complexity index is 4860. The molecule has 0 bridgehead atoms. The third-order valence-electron chi connectivity index (χ3n) is 25.5. The smallest absolute Gasteiger partial charge is 0.338 e. The van der Waals surface area contributed by atoms with Crippen LogP contribution in [0.3, 0.4) is 0 Å². The van der Waals surface area contributed by atoms with Gasteiger partial charge in [-0.05, 0) is 159 Å². The molecule has 0 aliphatic carbocycles. The number of aryl methyl sites for hydroxylation is 2. The number of rotatable bonds is 15. The molecular formula is C99H130B10Ir5N16-12. The Kier molecular flexibility index (Phi) is 47.5. The minimum Gasteiger partial charge on any atom is -0.541 e. The van der Waals surface area contributed by atoms with Crippen LogP contribution in [0.1, 0.15) is 93.0 Å². The number of anilines is 3. The van der Waals surface area contributed by atoms with E-state index in [1.54, 1.807) is 0 Å². The molecule has 1 N–H and O–H groups in total. The molecule has 693 valence electrons. The van der Waals surface area contributed by atoms with Gasteiger partial charge in [0.15, 0.2) is 13.7 Å². The van der Waals surface area contributed by atoms with E-state index in [0.29, 0.717) is 54.3 Å². The predicted octanol–water partition coefficient (Wildman–Crippen LogP) is 16.9. The Labute approximate surface area is 857 Å². The van der Waals surface area contributed by atoms with Crippen molar-refractivity contribution in [3.05, 3.63) is 382 Å². The second kappa shape index (κ2) is 54.5. The fraction of sp³-hybridized carbons (Fsp3) is 0.313. The first-order valence-corrected chi connectivity index (χ1v) is 44.6. The molecular weight excluding hydrogens is 2480 g/mol. The number of hydrogen-bond donors (Lipinski definition) is 1. The fourth-order valence-corrected chi connectivity index (χ4v) is 17.1. The summed E-state index contributed by atoms with van der Waals surface area (Å²) in [4.78, 5) is 25.5. The Morgan fingerprint density at radius 2 is 0.800 bits per heavy atom. The monoisotopic (exact) mass is 2620 g/mol. The van der Waals surface area contributed by atoms with Gasteiger partial charge in [0, 0.05) is 101 Å². The Morgan fingerprint density at radius 1 is 0.377 bits per heavy atom. The fourth-order valence-electron chi connectivity index (χ4n) is 17.1. The number of benzene rings is 10. The molecule has 0 spiro atoms. The van der Waals surface area contributed by atoms with E-state index in [4.69, 9.17) is 0 Å². The largest absolute Gasteiger partial charge is 0.541 e. The third kappa shape index (κ3) is 31.3. The second-order valence-electron chi connectivity index (χ2n) is 36.3. The first kappa shape index (κ1) is 113. The zero-order valence-electron chi connectivity index (χ0n) is 80.6. The average molecular weight is 2610 g/mol. The van der Waals surface area contributed by atoms with Crippen LogP contribution in [0.25, 0.3) is 0 Å². The van der Waals surface area contributed by atoms with Crippen LogP contribution in [0.4, 0.5) is 17.1 Å². The van der Waals surface area contributed by atoms with Gasteiger partial charge in [-0.25, -0.2) is 33.3 Å². The molecule has 5 saturated heterocycles. The topological polar surface area (TPSA) is 60.6 Å². The van der Waals surface area contributed by atoms with Crippen molar-refractivity contribution in [2.75, 3.05) is 56.8 Å². The molecule has 16 rings (SSSR count). The van der Waals surface area contributed by atoms with Crippen molar-refractivity contribution in [1.29, 1.82) is 0 Å². The summed E-state index contributed by atoms with van der Waals surface area (Å²) in [6.45, 7) is 59.6. The minimum absolute atomic E-state index is 0. The molecule has 10 aromatic rings. The maximum Gasteiger partial charge on any atom is 0.338 e. The van der Waals surface area contributed by atoms with Gasteiger partial charge in [-0.3, -0.25) is 0 Å². The van der Waals surface area contributed by atoms with Crippen molar-refractivity contribution in [3.8, 4) is 0 Å². The molecule has 1 unspecified atom stereocenters. The van der Waals surface area contributed by atoms with Gasteiger partial charge >= 0.3 is 14.0 Å². The Balaban J connectivity index is 0.000000244. The summed E-state index contributed by atoms with van der Waals surface area (Å²) in [6.07, 6.45) is 3.83. The van der Waals surface area contributed by atoms with Crippen LogP contribution in [-0.2, 0) is 139 Å². The second-order valence-corrected chi connectivity index (χ2v) is 36.3. The quantitative estimate of drug-likeness (QED) is 0.0782. The van der Waals surface area contributed by atoms with Gasteiger partial charge in [0.25, 0.3) is 41.9 Å². The molecule has 10 aromatic carbocycles. The van der Waals surface area contributed by atoms with Gasteiger partial charge in [0.2, 0.25) is 0 Å². The summed E-state index contributed by atoms with van der Waals surface area (Å²) in [5.74, 6) is 0. The van der Waals surface area contributed by atoms with Crippen LogP contribution in [0.5, 0.6) is 0 Å². The number of hydrogen-bond acceptors (Lipinski definition) is 16. The summed E-state index contributed by atoms with van der Waals surface area (Å²) in [5.41, 5.74) is 17.1. The summed E-state index contributed by atoms with van der Waals surface area (Å²) < 4.78 is 9.78. The van der Waals surface area contributed by atoms with Gasteiger partial charge in [0.1, 0.15) is 0 Å². The van der Waals surface area contributed by atoms with Crippen LogP contribution < -0.4 is 30.8 Å². The number of nitrogens with zero attached hydrogens (tertiary/aromatic N) is 15. The summed E-state index contributed by atoms with van der Waals surface area (Å²) in [7, 11) is 13.0. The summed E-state index contributed by atoms with van der Waals surface area (Å²) in [6, 6.07) is 106. The average Bonchev–Trinajstić information content (AvgIpc) is 0.822. The standard InChI is InChI=1S/C27H25B2N3.C20H27B2N3.C16H27B2N3.C15H24B2N2.C12H19B2N3.C9H8N2.5Ir/c1-30-28(25-16-8-3-9-17-25)31(22-24-14-6-2-7-15-24)23-32(27-20-12-5-13-21-27)29(30)26-18-10-4-11-19-26;1-20(2,3)25-21(4)23(16-18-12-8-6-9-13-18)17-24(22(25)5)19-14-10-7-11-15-19;1-16(2,3)15-10-8-9-14(11-15)12-21-13-19(6)17(4)20(7)18(21)5;1-12-7-8-15(13(2)9-12)10-19-11-18(6)16(4)14(3)17(19)5;1-13-15(3)11-17(14(2)16(13)4)10-12-8-6-5-7-9-12;1-2-4-9(5-3-1)11-7-6-10-8-11;;;;;/h2-14,16-21,23H,22H2,1H3;6-12,14-15,17H,16H2,1-5H3;8,10-11,13H,12H2,1-7H3;7,9,11,14H,10H2,1-6H3;5-8,11H,10H2,1-4H3;1-4,6-8,10H;;;;;/q6*-2;;;;;. The van der Waals surface area contributed by atoms with Gasteiger partial charge in [-0.15, -0.1) is 11.3 Å². The first-order chi connectivity index (χ1) is 59.8. The predicted molar refractivity (Wildman–Crippen MR) is 540 cm³/mol. The van der Waals surface area contributed by atoms with Crippen LogP contribution in [0, 0.1) is 90.3 Å². The van der Waals surface area contributed by atoms with Crippen molar-refractivity contribution < 1.29 is 101 Å². The summed E-state index contributed by atoms with van der Waals surface area (Å²) in [5, 5.41) is 2.97. The molecule has 5 fully saturated rings. The zero-order chi connectivity index (χ0) is 89.7. The SMILES string of the molecule is CB1C(C)B(C)N(Cc2[c-]cc(C)cc2C)[CH-]N1C.CB1N(C)[CH-]N(Cc2[c-]ccc(C(C)(C)C)c2)B(C)N1C.CB1N(C)[CH-]N(Cc2[c-]cccc2)B(C)N1C.CB1N(Cc2[c-]cccc2)[CH-]N(c2ccccc2)B(C)N1C(C)(C)C.CN1B(c2ccccc2)N(Cc2[c-]cccc2)[CH-]N(c2ccccc2)B1c1ccccc1.[Ir].[Ir].[Ir].[Ir].[Ir].[c-]1ccccc1N1C=CN[CH-]1. The van der Waals surface area contributed by atoms with Crippen molar-refractivity contribution in [2.45, 2.75) is 166 Å². The Morgan fingerprint density at radius 3 is 1.25 bits per heavy atom. The molecule has 31 heteroatoms. The van der Waals surface area contributed by atoms with Crippen molar-refractivity contribution in [2.24, 2.45) is 0 Å². The summed E-state index contributed by atoms with van der Waals surface area (Å²) >= 11 is 0. The number of para-hydroxylation sites is 3. The van der Waals surface area contributed by atoms with E-state index in [2.05, 4.69) is 489 Å². The maximum absolute atomic E-state index is 3.43. The first-order valence-electron chi connectivity index (χ1n) is 44.6. The van der Waals surface area contributed by atoms with Crippen LogP contribution in [0.2, 0.25) is 60.3 Å². The minimum atomic E-state index is 0. The van der Waals surface area contributed by atoms with E-state index in [-0.39, 0.29) is 132 Å². The molecule has 16 nitrogen and oxygen atoms in total. The Hall–Kier alpha value is -5.44. The third-order valence-corrected chi connectivity index (χ3v) is 25.5.